The van der Waals surface area contributed by atoms with Gasteiger partial charge in [-0.15, -0.1) is 0 Å². The smallest absolute Gasteiger partial charge is 0.456 e. The molecule has 0 aromatic heterocycles. The maximum Gasteiger partial charge on any atom is 0.460 e. The summed E-state index contributed by atoms with van der Waals surface area (Å²) < 4.78 is 241. The second-order valence-corrected chi connectivity index (χ2v) is 7.89. The molecule has 0 radical (unpaired) electrons. The van der Waals surface area contributed by atoms with E-state index in [0.717, 1.165) is 6.92 Å². The monoisotopic (exact) mass is 622 g/mol. The van der Waals surface area contributed by atoms with Gasteiger partial charge in [-0.25, -0.2) is 4.79 Å². The summed E-state index contributed by atoms with van der Waals surface area (Å²) >= 11 is 0. The van der Waals surface area contributed by atoms with Crippen molar-refractivity contribution in [2.24, 2.45) is 0 Å². The van der Waals surface area contributed by atoms with E-state index in [1.54, 1.807) is 0 Å². The molecular weight excluding hydrogens is 606 g/mol. The molecule has 1 atom stereocenters. The predicted octanol–water partition coefficient (Wildman–Crippen LogP) is 7.60. The largest absolute Gasteiger partial charge is 0.460 e. The Morgan fingerprint density at radius 3 is 1.41 bits per heavy atom. The Bertz CT molecular complexity index is 858. The van der Waals surface area contributed by atoms with Crippen molar-refractivity contribution >= 4 is 5.97 Å². The molecule has 0 aliphatic rings. The number of alkyl halides is 18. The van der Waals surface area contributed by atoms with Gasteiger partial charge in [-0.05, 0) is 13.3 Å². The quantitative estimate of drug-likeness (QED) is 0.0867. The minimum absolute atomic E-state index is 0.678. The molecule has 0 aromatic rings. The lowest BCUT2D eigenvalue weighted by Gasteiger charge is -2.35. The number of hydrogen-bond donors (Lipinski definition) is 0. The molecule has 39 heavy (non-hydrogen) atoms. The van der Waals surface area contributed by atoms with E-state index in [1.165, 1.54) is 0 Å². The lowest BCUT2D eigenvalue weighted by Crippen LogP contribution is -2.61. The first-order valence-corrected chi connectivity index (χ1v) is 9.75. The van der Waals surface area contributed by atoms with Crippen molar-refractivity contribution in [2.75, 3.05) is 13.2 Å². The van der Waals surface area contributed by atoms with E-state index in [1.807, 2.05) is 0 Å². The normalized spacial score (nSPS) is 15.8. The highest BCUT2D eigenvalue weighted by molar-refractivity contribution is 5.87. The number of carbonyl (C=O) groups is 1. The zero-order valence-corrected chi connectivity index (χ0v) is 18.8. The summed E-state index contributed by atoms with van der Waals surface area (Å²) in [6.07, 6.45) is -24.0. The fourth-order valence-electron chi connectivity index (χ4n) is 2.38. The van der Waals surface area contributed by atoms with Gasteiger partial charge < -0.3 is 9.47 Å². The van der Waals surface area contributed by atoms with Crippen LogP contribution in [0.25, 0.3) is 0 Å². The third-order valence-corrected chi connectivity index (χ3v) is 4.61. The zero-order valence-electron chi connectivity index (χ0n) is 18.8. The molecule has 232 valence electrons. The van der Waals surface area contributed by atoms with Crippen LogP contribution in [0, 0.1) is 0 Å². The van der Waals surface area contributed by atoms with Crippen molar-refractivity contribution in [3.63, 3.8) is 0 Å². The molecule has 0 fully saturated rings. The minimum Gasteiger partial charge on any atom is -0.456 e. The van der Waals surface area contributed by atoms with E-state index in [4.69, 9.17) is 0 Å². The molecule has 0 rings (SSSR count). The van der Waals surface area contributed by atoms with E-state index in [0.29, 0.717) is 0 Å². The predicted molar refractivity (Wildman–Crippen MR) is 91.2 cm³/mol. The van der Waals surface area contributed by atoms with Crippen molar-refractivity contribution < 1.29 is 93.3 Å². The molecule has 0 saturated carbocycles. The van der Waals surface area contributed by atoms with Crippen LogP contribution in [0.5, 0.6) is 0 Å². The molecule has 3 nitrogen and oxygen atoms in total. The molecule has 0 aliphatic heterocycles. The summed E-state index contributed by atoms with van der Waals surface area (Å²) in [4.78, 5) is 11.5. The summed E-state index contributed by atoms with van der Waals surface area (Å²) in [5, 5.41) is 0. The Morgan fingerprint density at radius 1 is 0.667 bits per heavy atom. The highest BCUT2D eigenvalue weighted by Gasteiger charge is 2.82. The highest BCUT2D eigenvalue weighted by atomic mass is 19.4. The molecule has 1 unspecified atom stereocenters. The first-order valence-electron chi connectivity index (χ1n) is 9.75. The van der Waals surface area contributed by atoms with E-state index >= 15 is 0 Å². The molecule has 0 aromatic carbocycles. The number of esters is 1. The fraction of sp³-hybridized carbons (Fsp3) is 0.833. The van der Waals surface area contributed by atoms with Crippen LogP contribution in [-0.4, -0.2) is 73.2 Å². The van der Waals surface area contributed by atoms with Crippen molar-refractivity contribution in [1.29, 1.82) is 0 Å². The van der Waals surface area contributed by atoms with Gasteiger partial charge in [-0.2, -0.15) is 79.0 Å². The average molecular weight is 622 g/mol. The third kappa shape index (κ3) is 7.56. The van der Waals surface area contributed by atoms with E-state index in [9.17, 15) is 83.8 Å². The zero-order chi connectivity index (χ0) is 31.7. The van der Waals surface area contributed by atoms with Crippen molar-refractivity contribution in [2.45, 2.75) is 80.2 Å². The molecule has 0 amide bonds. The number of halogens is 18. The van der Waals surface area contributed by atoms with E-state index in [2.05, 4.69) is 16.1 Å². The molecule has 0 saturated heterocycles. The Hall–Kier alpha value is -2.09. The molecule has 0 heterocycles. The van der Waals surface area contributed by atoms with Gasteiger partial charge in [0.15, 0.2) is 0 Å². The number of hydrogen-bond acceptors (Lipinski definition) is 3. The highest BCUT2D eigenvalue weighted by Crippen LogP contribution is 2.55. The fourth-order valence-corrected chi connectivity index (χ4v) is 2.38. The maximum atomic E-state index is 13.9. The van der Waals surface area contributed by atoms with Gasteiger partial charge in [-0.3, -0.25) is 0 Å². The van der Waals surface area contributed by atoms with Crippen molar-refractivity contribution in [3.05, 3.63) is 12.2 Å². The lowest BCUT2D eigenvalue weighted by atomic mass is 9.98. The minimum atomic E-state index is -7.33. The van der Waals surface area contributed by atoms with Gasteiger partial charge in [0, 0.05) is 18.6 Å². The molecule has 0 spiro atoms. The summed E-state index contributed by atoms with van der Waals surface area (Å²) in [5.74, 6) is -42.8. The first-order chi connectivity index (χ1) is 16.9. The second kappa shape index (κ2) is 11.4. The van der Waals surface area contributed by atoms with Crippen LogP contribution in [0.2, 0.25) is 0 Å². The van der Waals surface area contributed by atoms with Crippen LogP contribution >= 0.6 is 0 Å². The van der Waals surface area contributed by atoms with Crippen LogP contribution in [-0.2, 0) is 14.3 Å². The van der Waals surface area contributed by atoms with Crippen LogP contribution < -0.4 is 0 Å². The standard InChI is InChI=1S/C18H16F18O3/c1-8(2)10(37)39-9(6-12(21,22)14(25,26)16(29,30)18(34,35)36)7-38-5-3-4-11(19,20)13(23,24)15(27,28)17(31,32)33/h9H,1,3-7H2,2H3. The van der Waals surface area contributed by atoms with Gasteiger partial charge in [0.05, 0.1) is 13.0 Å². The van der Waals surface area contributed by atoms with E-state index in [-0.39, 0.29) is 0 Å². The van der Waals surface area contributed by atoms with Gasteiger partial charge in [0.25, 0.3) is 0 Å². The van der Waals surface area contributed by atoms with Crippen molar-refractivity contribution in [3.8, 4) is 0 Å². The van der Waals surface area contributed by atoms with Crippen LogP contribution in [0.15, 0.2) is 12.2 Å². The SMILES string of the molecule is C=C(C)C(=O)OC(COCCCC(F)(F)C(F)(F)C(F)(F)C(F)(F)F)CC(F)(F)C(F)(F)C(F)(F)C(F)(F)F. The maximum absolute atomic E-state index is 13.9. The summed E-state index contributed by atoms with van der Waals surface area (Å²) in [5.41, 5.74) is -0.678. The van der Waals surface area contributed by atoms with Crippen LogP contribution in [0.1, 0.15) is 26.2 Å². The summed E-state index contributed by atoms with van der Waals surface area (Å²) in [6.45, 7) is 0.585. The summed E-state index contributed by atoms with van der Waals surface area (Å²) in [6, 6.07) is 0. The third-order valence-electron chi connectivity index (χ3n) is 4.61. The molecule has 0 bridgehead atoms. The Morgan fingerprint density at radius 2 is 1.05 bits per heavy atom. The Labute approximate surface area is 206 Å². The molecule has 0 aliphatic carbocycles. The summed E-state index contributed by atoms with van der Waals surface area (Å²) in [7, 11) is 0. The topological polar surface area (TPSA) is 35.5 Å². The van der Waals surface area contributed by atoms with E-state index < -0.39 is 98.0 Å². The number of ether oxygens (including phenoxy) is 2. The number of carbonyl (C=O) groups excluding carboxylic acids is 1. The number of rotatable bonds is 14. The van der Waals surface area contributed by atoms with Crippen LogP contribution in [0.4, 0.5) is 79.0 Å². The van der Waals surface area contributed by atoms with Gasteiger partial charge >= 0.3 is 53.9 Å². The van der Waals surface area contributed by atoms with Crippen LogP contribution in [0.3, 0.4) is 0 Å². The Balaban J connectivity index is 5.58. The van der Waals surface area contributed by atoms with Gasteiger partial charge in [-0.1, -0.05) is 6.58 Å². The Kier molecular flexibility index (Phi) is 10.8. The first kappa shape index (κ1) is 36.9. The molecule has 21 heteroatoms. The molecular formula is C18H16F18O3. The molecule has 0 N–H and O–H groups in total. The van der Waals surface area contributed by atoms with Crippen molar-refractivity contribution in [1.82, 2.24) is 0 Å². The van der Waals surface area contributed by atoms with Gasteiger partial charge in [0.1, 0.15) is 6.10 Å². The van der Waals surface area contributed by atoms with Gasteiger partial charge in [0.2, 0.25) is 0 Å². The lowest BCUT2D eigenvalue weighted by molar-refractivity contribution is -0.398. The second-order valence-electron chi connectivity index (χ2n) is 7.89. The average Bonchev–Trinajstić information content (AvgIpc) is 2.70.